The molecule has 1 unspecified atom stereocenters. The number of hydrogen-bond acceptors (Lipinski definition) is 6. The van der Waals surface area contributed by atoms with E-state index in [0.717, 1.165) is 4.90 Å². The van der Waals surface area contributed by atoms with E-state index in [2.05, 4.69) is 5.32 Å². The summed E-state index contributed by atoms with van der Waals surface area (Å²) in [5.74, 6) is -2.40. The van der Waals surface area contributed by atoms with Crippen molar-refractivity contribution < 1.29 is 28.6 Å². The predicted octanol–water partition coefficient (Wildman–Crippen LogP) is 1.77. The molecule has 30 heavy (non-hydrogen) atoms. The van der Waals surface area contributed by atoms with E-state index in [1.54, 1.807) is 37.3 Å². The Labute approximate surface area is 172 Å². The normalized spacial score (nSPS) is 13.6. The lowest BCUT2D eigenvalue weighted by atomic mass is 10.1. The molecule has 158 valence electrons. The molecule has 0 radical (unpaired) electrons. The van der Waals surface area contributed by atoms with Gasteiger partial charge in [-0.3, -0.25) is 19.7 Å². The molecule has 2 aromatic rings. The molecule has 0 bridgehead atoms. The van der Waals surface area contributed by atoms with Crippen LogP contribution in [0.25, 0.3) is 0 Å². The van der Waals surface area contributed by atoms with E-state index in [9.17, 15) is 23.9 Å². The van der Waals surface area contributed by atoms with Gasteiger partial charge in [0.05, 0.1) is 13.7 Å². The highest BCUT2D eigenvalue weighted by molar-refractivity contribution is 6.04. The predicted molar refractivity (Wildman–Crippen MR) is 106 cm³/mol. The maximum atomic E-state index is 14.4. The number of nitrogens with one attached hydrogen (secondary N) is 2. The number of methoxy groups -OCH3 is 1. The summed E-state index contributed by atoms with van der Waals surface area (Å²) < 4.78 is 19.3. The number of carbonyl (C=O) groups is 3. The average molecular weight is 415 g/mol. The number of rotatable bonds is 7. The zero-order valence-electron chi connectivity index (χ0n) is 16.6. The molecule has 3 rings (SSSR count). The fraction of sp³-hybridized carbons (Fsp3) is 0.286. The Morgan fingerprint density at radius 1 is 1.27 bits per heavy atom. The summed E-state index contributed by atoms with van der Waals surface area (Å²) in [6.07, 6.45) is -1.73. The van der Waals surface area contributed by atoms with Crippen LogP contribution in [0.1, 0.15) is 34.8 Å². The molecule has 0 saturated carbocycles. The van der Waals surface area contributed by atoms with Crippen LogP contribution < -0.4 is 15.4 Å². The molecule has 1 heterocycles. The first-order valence-corrected chi connectivity index (χ1v) is 9.37. The number of imide groups is 1. The minimum absolute atomic E-state index is 0.0349. The highest BCUT2D eigenvalue weighted by Gasteiger charge is 2.36. The lowest BCUT2D eigenvalue weighted by molar-refractivity contribution is -0.141. The molecule has 3 N–H and O–H groups in total. The SMILES string of the molecule is CCC(=O)NC(=O)C(O)N1Cc2c(NCc3cccc(OC)c3F)cccc2C1=O. The third-order valence-corrected chi connectivity index (χ3v) is 4.84. The summed E-state index contributed by atoms with van der Waals surface area (Å²) in [6.45, 7) is 1.67. The molecule has 0 saturated heterocycles. The molecule has 2 aromatic carbocycles. The Balaban J connectivity index is 1.77. The van der Waals surface area contributed by atoms with Crippen LogP contribution in [-0.4, -0.2) is 41.1 Å². The minimum atomic E-state index is -1.80. The summed E-state index contributed by atoms with van der Waals surface area (Å²) in [5, 5.41) is 15.4. The topological polar surface area (TPSA) is 108 Å². The number of nitrogens with zero attached hydrogens (tertiary/aromatic N) is 1. The van der Waals surface area contributed by atoms with Gasteiger partial charge in [-0.05, 0) is 18.2 Å². The van der Waals surface area contributed by atoms with Crippen molar-refractivity contribution in [3.8, 4) is 5.75 Å². The first-order valence-electron chi connectivity index (χ1n) is 9.37. The number of ether oxygens (including phenoxy) is 1. The zero-order chi connectivity index (χ0) is 21.8. The number of fused-ring (bicyclic) bond motifs is 1. The van der Waals surface area contributed by atoms with Gasteiger partial charge in [-0.25, -0.2) is 4.39 Å². The van der Waals surface area contributed by atoms with E-state index in [1.165, 1.54) is 13.2 Å². The summed E-state index contributed by atoms with van der Waals surface area (Å²) in [4.78, 5) is 37.1. The van der Waals surface area contributed by atoms with Crippen LogP contribution in [0.15, 0.2) is 36.4 Å². The van der Waals surface area contributed by atoms with Crippen molar-refractivity contribution in [1.29, 1.82) is 0 Å². The Morgan fingerprint density at radius 2 is 2.00 bits per heavy atom. The van der Waals surface area contributed by atoms with Crippen molar-refractivity contribution >= 4 is 23.4 Å². The second-order valence-electron chi connectivity index (χ2n) is 6.69. The van der Waals surface area contributed by atoms with Crippen LogP contribution >= 0.6 is 0 Å². The van der Waals surface area contributed by atoms with Gasteiger partial charge < -0.3 is 20.1 Å². The standard InChI is InChI=1S/C21H22FN3O5/c1-3-17(26)24-19(27)21(29)25-11-14-13(20(25)28)7-5-8-15(14)23-10-12-6-4-9-16(30-2)18(12)22/h4-9,21,23,29H,3,10-11H2,1-2H3,(H,24,26,27). The third kappa shape index (κ3) is 4.11. The van der Waals surface area contributed by atoms with Crippen molar-refractivity contribution in [2.24, 2.45) is 0 Å². The molecule has 0 fully saturated rings. The van der Waals surface area contributed by atoms with Crippen molar-refractivity contribution in [3.63, 3.8) is 0 Å². The number of amides is 3. The van der Waals surface area contributed by atoms with Crippen molar-refractivity contribution in [1.82, 2.24) is 10.2 Å². The van der Waals surface area contributed by atoms with Crippen LogP contribution in [0, 0.1) is 5.82 Å². The van der Waals surface area contributed by atoms with E-state index in [0.29, 0.717) is 22.4 Å². The quantitative estimate of drug-likeness (QED) is 0.636. The van der Waals surface area contributed by atoms with Crippen molar-refractivity contribution in [3.05, 3.63) is 58.9 Å². The number of benzene rings is 2. The highest BCUT2D eigenvalue weighted by Crippen LogP contribution is 2.31. The number of aliphatic hydroxyl groups is 1. The fourth-order valence-electron chi connectivity index (χ4n) is 3.19. The van der Waals surface area contributed by atoms with E-state index < -0.39 is 29.8 Å². The molecule has 3 amide bonds. The summed E-state index contributed by atoms with van der Waals surface area (Å²) in [7, 11) is 1.38. The summed E-state index contributed by atoms with van der Waals surface area (Å²) >= 11 is 0. The van der Waals surface area contributed by atoms with E-state index >= 15 is 0 Å². The molecule has 1 aliphatic heterocycles. The van der Waals surface area contributed by atoms with Crippen molar-refractivity contribution in [2.45, 2.75) is 32.7 Å². The second-order valence-corrected chi connectivity index (χ2v) is 6.69. The maximum Gasteiger partial charge on any atom is 0.276 e. The number of hydrogen-bond donors (Lipinski definition) is 3. The Bertz CT molecular complexity index is 995. The number of carbonyl (C=O) groups excluding carboxylic acids is 3. The van der Waals surface area contributed by atoms with Crippen LogP contribution in [0.3, 0.4) is 0 Å². The summed E-state index contributed by atoms with van der Waals surface area (Å²) in [6, 6.07) is 9.76. The first kappa shape index (κ1) is 21.3. The van der Waals surface area contributed by atoms with Gasteiger partial charge in [0.1, 0.15) is 0 Å². The Hall–Kier alpha value is -3.46. The second kappa shape index (κ2) is 8.91. The van der Waals surface area contributed by atoms with Gasteiger partial charge in [0.25, 0.3) is 11.8 Å². The number of halogens is 1. The maximum absolute atomic E-state index is 14.4. The molecule has 0 aliphatic carbocycles. The molecule has 1 aliphatic rings. The minimum Gasteiger partial charge on any atom is -0.494 e. The van der Waals surface area contributed by atoms with Crippen LogP contribution in [0.4, 0.5) is 10.1 Å². The molecular formula is C21H22FN3O5. The first-order chi connectivity index (χ1) is 14.4. The molecule has 0 aromatic heterocycles. The smallest absolute Gasteiger partial charge is 0.276 e. The van der Waals surface area contributed by atoms with E-state index in [4.69, 9.17) is 4.74 Å². The van der Waals surface area contributed by atoms with Crippen LogP contribution in [0.2, 0.25) is 0 Å². The Kier molecular flexibility index (Phi) is 6.31. The van der Waals surface area contributed by atoms with Gasteiger partial charge in [0.2, 0.25) is 12.1 Å². The van der Waals surface area contributed by atoms with Gasteiger partial charge in [-0.2, -0.15) is 0 Å². The van der Waals surface area contributed by atoms with Gasteiger partial charge >= 0.3 is 0 Å². The van der Waals surface area contributed by atoms with Crippen molar-refractivity contribution in [2.75, 3.05) is 12.4 Å². The van der Waals surface area contributed by atoms with Gasteiger partial charge in [-0.15, -0.1) is 0 Å². The van der Waals surface area contributed by atoms with Gasteiger partial charge in [0.15, 0.2) is 11.6 Å². The monoisotopic (exact) mass is 415 g/mol. The average Bonchev–Trinajstić information content (AvgIpc) is 3.09. The Morgan fingerprint density at radius 3 is 2.70 bits per heavy atom. The fourth-order valence-corrected chi connectivity index (χ4v) is 3.19. The third-order valence-electron chi connectivity index (χ3n) is 4.84. The molecule has 0 spiro atoms. The summed E-state index contributed by atoms with van der Waals surface area (Å²) in [5.41, 5.74) is 1.84. The van der Waals surface area contributed by atoms with Gasteiger partial charge in [-0.1, -0.05) is 25.1 Å². The molecule has 9 heteroatoms. The lowest BCUT2D eigenvalue weighted by Gasteiger charge is -2.21. The van der Waals surface area contributed by atoms with Crippen LogP contribution in [0.5, 0.6) is 5.75 Å². The molecule has 8 nitrogen and oxygen atoms in total. The molecular weight excluding hydrogens is 393 g/mol. The van der Waals surface area contributed by atoms with Gasteiger partial charge in [0, 0.05) is 35.3 Å². The largest absolute Gasteiger partial charge is 0.494 e. The highest BCUT2D eigenvalue weighted by atomic mass is 19.1. The van der Waals surface area contributed by atoms with Crippen LogP contribution in [-0.2, 0) is 22.7 Å². The zero-order valence-corrected chi connectivity index (χ0v) is 16.6. The molecule has 1 atom stereocenters. The van der Waals surface area contributed by atoms with E-state index in [1.807, 2.05) is 5.32 Å². The number of anilines is 1. The van der Waals surface area contributed by atoms with E-state index in [-0.39, 0.29) is 25.3 Å². The number of aliphatic hydroxyl groups excluding tert-OH is 1. The lowest BCUT2D eigenvalue weighted by Crippen LogP contribution is -2.48.